The molecule has 1 aliphatic rings. The van der Waals surface area contributed by atoms with Crippen LogP contribution >= 0.6 is 11.6 Å². The van der Waals surface area contributed by atoms with Crippen LogP contribution in [0.3, 0.4) is 0 Å². The molecule has 0 aliphatic heterocycles. The SMILES string of the molecule is Cn1c2c(c3cc(S(=O)(=O)O)ccc31)CCCC2Cl. The number of aromatic nitrogens is 1. The molecular formula is C13H14ClNO3S. The lowest BCUT2D eigenvalue weighted by molar-refractivity contribution is 0.483. The van der Waals surface area contributed by atoms with Gasteiger partial charge >= 0.3 is 0 Å². The summed E-state index contributed by atoms with van der Waals surface area (Å²) < 4.78 is 33.7. The van der Waals surface area contributed by atoms with Crippen molar-refractivity contribution in [1.29, 1.82) is 0 Å². The third-order valence-electron chi connectivity index (χ3n) is 3.80. The van der Waals surface area contributed by atoms with E-state index in [0.717, 1.165) is 41.4 Å². The quantitative estimate of drug-likeness (QED) is 0.650. The molecule has 0 spiro atoms. The molecule has 2 aromatic rings. The number of benzene rings is 1. The highest BCUT2D eigenvalue weighted by Gasteiger charge is 2.25. The smallest absolute Gasteiger partial charge is 0.294 e. The average molecular weight is 300 g/mol. The van der Waals surface area contributed by atoms with Crippen LogP contribution in [-0.4, -0.2) is 17.5 Å². The summed E-state index contributed by atoms with van der Waals surface area (Å²) in [4.78, 5) is -0.0647. The number of hydrogen-bond acceptors (Lipinski definition) is 2. The fourth-order valence-corrected chi connectivity index (χ4v) is 3.88. The zero-order chi connectivity index (χ0) is 13.8. The molecule has 19 heavy (non-hydrogen) atoms. The van der Waals surface area contributed by atoms with Crippen LogP contribution < -0.4 is 0 Å². The summed E-state index contributed by atoms with van der Waals surface area (Å²) in [5.74, 6) is 0. The van der Waals surface area contributed by atoms with E-state index in [1.165, 1.54) is 6.07 Å². The summed E-state index contributed by atoms with van der Waals surface area (Å²) in [6, 6.07) is 4.69. The maximum atomic E-state index is 11.2. The Morgan fingerprint density at radius 3 is 2.84 bits per heavy atom. The van der Waals surface area contributed by atoms with Crippen molar-refractivity contribution in [3.05, 3.63) is 29.5 Å². The number of rotatable bonds is 1. The molecule has 0 radical (unpaired) electrons. The van der Waals surface area contributed by atoms with Gasteiger partial charge in [-0.3, -0.25) is 4.55 Å². The first-order valence-electron chi connectivity index (χ1n) is 6.12. The number of hydrogen-bond donors (Lipinski definition) is 1. The summed E-state index contributed by atoms with van der Waals surface area (Å²) >= 11 is 6.37. The molecule has 1 aromatic carbocycles. The molecule has 6 heteroatoms. The maximum absolute atomic E-state index is 11.2. The van der Waals surface area contributed by atoms with Crippen LogP contribution in [0, 0.1) is 0 Å². The van der Waals surface area contributed by atoms with Crippen molar-refractivity contribution < 1.29 is 13.0 Å². The molecule has 0 saturated heterocycles. The minimum atomic E-state index is -4.17. The number of halogens is 1. The summed E-state index contributed by atoms with van der Waals surface area (Å²) in [5, 5.41) is 0.841. The van der Waals surface area contributed by atoms with Crippen molar-refractivity contribution in [1.82, 2.24) is 4.57 Å². The Labute approximate surface area is 116 Å². The van der Waals surface area contributed by atoms with E-state index in [0.29, 0.717) is 0 Å². The monoisotopic (exact) mass is 299 g/mol. The van der Waals surface area contributed by atoms with E-state index < -0.39 is 10.1 Å². The lowest BCUT2D eigenvalue weighted by atomic mass is 9.95. The molecule has 1 aromatic heterocycles. The summed E-state index contributed by atoms with van der Waals surface area (Å²) in [5.41, 5.74) is 3.12. The second-order valence-corrected chi connectivity index (χ2v) is 6.88. The summed E-state index contributed by atoms with van der Waals surface area (Å²) in [6.07, 6.45) is 2.82. The fraction of sp³-hybridized carbons (Fsp3) is 0.385. The van der Waals surface area contributed by atoms with Gasteiger partial charge in [-0.15, -0.1) is 11.6 Å². The average Bonchev–Trinajstić information content (AvgIpc) is 2.63. The normalized spacial score (nSPS) is 19.6. The molecule has 0 saturated carbocycles. The highest BCUT2D eigenvalue weighted by molar-refractivity contribution is 7.85. The van der Waals surface area contributed by atoms with Gasteiger partial charge in [0.1, 0.15) is 0 Å². The second kappa shape index (κ2) is 4.23. The third-order valence-corrected chi connectivity index (χ3v) is 5.08. The van der Waals surface area contributed by atoms with Gasteiger partial charge in [0.15, 0.2) is 0 Å². The van der Waals surface area contributed by atoms with Gasteiger partial charge in [-0.05, 0) is 43.0 Å². The topological polar surface area (TPSA) is 59.3 Å². The van der Waals surface area contributed by atoms with Crippen molar-refractivity contribution in [2.75, 3.05) is 0 Å². The van der Waals surface area contributed by atoms with Gasteiger partial charge in [0.2, 0.25) is 0 Å². The van der Waals surface area contributed by atoms with E-state index >= 15 is 0 Å². The molecule has 0 bridgehead atoms. The standard InChI is InChI=1S/C13H14ClNO3S/c1-15-12-6-5-8(19(16,17)18)7-10(12)9-3-2-4-11(14)13(9)15/h5-7,11H,2-4H2,1H3,(H,16,17,18). The Morgan fingerprint density at radius 1 is 1.42 bits per heavy atom. The molecular weight excluding hydrogens is 286 g/mol. The van der Waals surface area contributed by atoms with Gasteiger partial charge in [-0.2, -0.15) is 8.42 Å². The number of fused-ring (bicyclic) bond motifs is 3. The molecule has 1 aliphatic carbocycles. The van der Waals surface area contributed by atoms with Crippen LogP contribution in [0.5, 0.6) is 0 Å². The Morgan fingerprint density at radius 2 is 2.16 bits per heavy atom. The van der Waals surface area contributed by atoms with Crippen LogP contribution in [0.15, 0.2) is 23.1 Å². The zero-order valence-corrected chi connectivity index (χ0v) is 12.0. The highest BCUT2D eigenvalue weighted by Crippen LogP contribution is 2.40. The Bertz CT molecular complexity index is 764. The first-order chi connectivity index (χ1) is 8.89. The maximum Gasteiger partial charge on any atom is 0.294 e. The van der Waals surface area contributed by atoms with Crippen LogP contribution in [-0.2, 0) is 23.6 Å². The molecule has 3 rings (SSSR count). The highest BCUT2D eigenvalue weighted by atomic mass is 35.5. The van der Waals surface area contributed by atoms with Crippen LogP contribution in [0.25, 0.3) is 10.9 Å². The molecule has 102 valence electrons. The van der Waals surface area contributed by atoms with Crippen LogP contribution in [0.1, 0.15) is 29.5 Å². The van der Waals surface area contributed by atoms with Gasteiger partial charge in [0, 0.05) is 23.6 Å². The second-order valence-electron chi connectivity index (χ2n) is 4.94. The summed E-state index contributed by atoms with van der Waals surface area (Å²) in [6.45, 7) is 0. The Balaban J connectivity index is 2.35. The molecule has 0 fully saturated rings. The lowest BCUT2D eigenvalue weighted by Crippen LogP contribution is -2.07. The van der Waals surface area contributed by atoms with E-state index in [1.807, 2.05) is 11.6 Å². The predicted octanol–water partition coefficient (Wildman–Crippen LogP) is 3.04. The minimum Gasteiger partial charge on any atom is -0.346 e. The van der Waals surface area contributed by atoms with Gasteiger partial charge in [0.25, 0.3) is 10.1 Å². The van der Waals surface area contributed by atoms with E-state index in [1.54, 1.807) is 12.1 Å². The molecule has 0 amide bonds. The van der Waals surface area contributed by atoms with Gasteiger partial charge in [-0.1, -0.05) is 0 Å². The zero-order valence-electron chi connectivity index (χ0n) is 10.4. The van der Waals surface area contributed by atoms with Crippen LogP contribution in [0.4, 0.5) is 0 Å². The first kappa shape index (κ1) is 13.0. The Hall–Kier alpha value is -1.04. The molecule has 1 unspecified atom stereocenters. The molecule has 4 nitrogen and oxygen atoms in total. The van der Waals surface area contributed by atoms with Crippen molar-refractivity contribution in [2.24, 2.45) is 7.05 Å². The van der Waals surface area contributed by atoms with E-state index in [2.05, 4.69) is 0 Å². The molecule has 1 atom stereocenters. The van der Waals surface area contributed by atoms with Crippen molar-refractivity contribution in [3.8, 4) is 0 Å². The fourth-order valence-electron chi connectivity index (χ4n) is 2.94. The minimum absolute atomic E-state index is 0.0321. The van der Waals surface area contributed by atoms with Gasteiger partial charge < -0.3 is 4.57 Å². The number of alkyl halides is 1. The van der Waals surface area contributed by atoms with E-state index in [4.69, 9.17) is 16.2 Å². The van der Waals surface area contributed by atoms with Crippen molar-refractivity contribution in [3.63, 3.8) is 0 Å². The van der Waals surface area contributed by atoms with Crippen molar-refractivity contribution >= 4 is 32.6 Å². The lowest BCUT2D eigenvalue weighted by Gasteiger charge is -2.18. The molecule has 1 N–H and O–H groups in total. The van der Waals surface area contributed by atoms with Gasteiger partial charge in [0.05, 0.1) is 10.3 Å². The van der Waals surface area contributed by atoms with E-state index in [-0.39, 0.29) is 10.3 Å². The van der Waals surface area contributed by atoms with Crippen molar-refractivity contribution in [2.45, 2.75) is 29.5 Å². The summed E-state index contributed by atoms with van der Waals surface area (Å²) in [7, 11) is -2.23. The van der Waals surface area contributed by atoms with E-state index in [9.17, 15) is 8.42 Å². The van der Waals surface area contributed by atoms with Gasteiger partial charge in [-0.25, -0.2) is 0 Å². The molecule has 1 heterocycles. The predicted molar refractivity (Wildman–Crippen MR) is 74.3 cm³/mol. The number of aryl methyl sites for hydroxylation is 2. The largest absolute Gasteiger partial charge is 0.346 e. The van der Waals surface area contributed by atoms with Crippen LogP contribution in [0.2, 0.25) is 0 Å². The first-order valence-corrected chi connectivity index (χ1v) is 8.00. The Kier molecular flexibility index (Phi) is 2.89. The third kappa shape index (κ3) is 1.96. The number of nitrogens with zero attached hydrogens (tertiary/aromatic N) is 1.